The predicted octanol–water partition coefficient (Wildman–Crippen LogP) is 0.558. The van der Waals surface area contributed by atoms with Gasteiger partial charge in [-0.1, -0.05) is 0 Å². The van der Waals surface area contributed by atoms with Gasteiger partial charge < -0.3 is 20.5 Å². The lowest BCUT2D eigenvalue weighted by Crippen LogP contribution is -2.48. The number of aromatic nitrogens is 1. The zero-order valence-corrected chi connectivity index (χ0v) is 10.3. The molecule has 1 aromatic heterocycles. The summed E-state index contributed by atoms with van der Waals surface area (Å²) in [5.41, 5.74) is 7.77. The van der Waals surface area contributed by atoms with Gasteiger partial charge in [-0.2, -0.15) is 0 Å². The van der Waals surface area contributed by atoms with E-state index in [-0.39, 0.29) is 18.8 Å². The van der Waals surface area contributed by atoms with E-state index in [1.807, 2.05) is 19.9 Å². The topological polar surface area (TPSA) is 71.6 Å². The number of aryl methyl sites for hydroxylation is 1. The van der Waals surface area contributed by atoms with Crippen LogP contribution in [0.4, 0.5) is 11.5 Å². The predicted molar refractivity (Wildman–Crippen MR) is 67.0 cm³/mol. The van der Waals surface area contributed by atoms with Crippen molar-refractivity contribution in [2.45, 2.75) is 26.1 Å². The molecule has 3 N–H and O–H groups in total. The molecule has 1 fully saturated rings. The second-order valence-electron chi connectivity index (χ2n) is 4.52. The van der Waals surface area contributed by atoms with Crippen molar-refractivity contribution in [1.82, 2.24) is 4.98 Å². The van der Waals surface area contributed by atoms with Gasteiger partial charge >= 0.3 is 0 Å². The molecular formula is C12H19N3O2. The average molecular weight is 237 g/mol. The molecule has 1 aromatic rings. The van der Waals surface area contributed by atoms with Crippen LogP contribution in [0.2, 0.25) is 0 Å². The van der Waals surface area contributed by atoms with E-state index in [4.69, 9.17) is 10.5 Å². The van der Waals surface area contributed by atoms with Gasteiger partial charge in [-0.3, -0.25) is 0 Å². The van der Waals surface area contributed by atoms with Crippen molar-refractivity contribution in [3.05, 3.63) is 17.8 Å². The van der Waals surface area contributed by atoms with Crippen molar-refractivity contribution in [1.29, 1.82) is 0 Å². The van der Waals surface area contributed by atoms with E-state index in [1.165, 1.54) is 0 Å². The second-order valence-corrected chi connectivity index (χ2v) is 4.52. The number of hydrogen-bond donors (Lipinski definition) is 2. The second kappa shape index (κ2) is 4.89. The number of aliphatic hydroxyl groups is 1. The van der Waals surface area contributed by atoms with Crippen LogP contribution in [0.3, 0.4) is 0 Å². The van der Waals surface area contributed by atoms with Gasteiger partial charge in [-0.25, -0.2) is 4.98 Å². The van der Waals surface area contributed by atoms with Crippen LogP contribution in [-0.4, -0.2) is 42.0 Å². The van der Waals surface area contributed by atoms with E-state index < -0.39 is 0 Å². The summed E-state index contributed by atoms with van der Waals surface area (Å²) in [6.07, 6.45) is 1.66. The summed E-state index contributed by atoms with van der Waals surface area (Å²) in [6, 6.07) is 1.90. The van der Waals surface area contributed by atoms with Crippen LogP contribution in [0.15, 0.2) is 12.3 Å². The fourth-order valence-corrected chi connectivity index (χ4v) is 2.13. The standard InChI is InChI=1S/C12H19N3O2/c1-8-3-4-14-12(11(8)13)15-5-9(2)17-10(6-15)7-16/h3-4,9-10,16H,5-7,13H2,1-2H3. The summed E-state index contributed by atoms with van der Waals surface area (Å²) in [5.74, 6) is 0.790. The highest BCUT2D eigenvalue weighted by molar-refractivity contribution is 5.66. The highest BCUT2D eigenvalue weighted by Gasteiger charge is 2.26. The van der Waals surface area contributed by atoms with E-state index in [2.05, 4.69) is 9.88 Å². The molecule has 0 bridgehead atoms. The number of nitrogens with zero attached hydrogens (tertiary/aromatic N) is 2. The summed E-state index contributed by atoms with van der Waals surface area (Å²) in [4.78, 5) is 6.41. The monoisotopic (exact) mass is 237 g/mol. The van der Waals surface area contributed by atoms with Crippen molar-refractivity contribution < 1.29 is 9.84 Å². The minimum Gasteiger partial charge on any atom is -0.396 e. The Morgan fingerprint density at radius 3 is 3.06 bits per heavy atom. The van der Waals surface area contributed by atoms with Gasteiger partial charge in [0.05, 0.1) is 24.5 Å². The van der Waals surface area contributed by atoms with Gasteiger partial charge in [0.15, 0.2) is 5.82 Å². The van der Waals surface area contributed by atoms with Crippen LogP contribution in [-0.2, 0) is 4.74 Å². The highest BCUT2D eigenvalue weighted by atomic mass is 16.5. The number of morpholine rings is 1. The molecule has 0 spiro atoms. The molecule has 2 rings (SSSR count). The number of nitrogen functional groups attached to an aromatic ring is 1. The van der Waals surface area contributed by atoms with Crippen molar-refractivity contribution in [2.24, 2.45) is 0 Å². The van der Waals surface area contributed by atoms with Crippen LogP contribution >= 0.6 is 0 Å². The molecule has 0 saturated carbocycles. The van der Waals surface area contributed by atoms with Gasteiger partial charge in [0.2, 0.25) is 0 Å². The number of pyridine rings is 1. The SMILES string of the molecule is Cc1ccnc(N2CC(C)OC(CO)C2)c1N. The van der Waals surface area contributed by atoms with Crippen LogP contribution in [0.25, 0.3) is 0 Å². The molecule has 5 nitrogen and oxygen atoms in total. The fourth-order valence-electron chi connectivity index (χ4n) is 2.13. The number of aliphatic hydroxyl groups excluding tert-OH is 1. The maximum absolute atomic E-state index is 9.19. The van der Waals surface area contributed by atoms with E-state index in [0.717, 1.165) is 17.9 Å². The van der Waals surface area contributed by atoms with Gasteiger partial charge in [0, 0.05) is 19.3 Å². The molecule has 2 heterocycles. The van der Waals surface area contributed by atoms with E-state index in [9.17, 15) is 5.11 Å². The number of anilines is 2. The third kappa shape index (κ3) is 2.50. The van der Waals surface area contributed by atoms with Gasteiger partial charge in [-0.05, 0) is 25.5 Å². The molecule has 0 aromatic carbocycles. The Morgan fingerprint density at radius 2 is 2.35 bits per heavy atom. The van der Waals surface area contributed by atoms with Gasteiger partial charge in [0.1, 0.15) is 0 Å². The first-order chi connectivity index (χ1) is 8.11. The summed E-state index contributed by atoms with van der Waals surface area (Å²) in [5, 5.41) is 9.19. The summed E-state index contributed by atoms with van der Waals surface area (Å²) in [6.45, 7) is 5.35. The summed E-state index contributed by atoms with van der Waals surface area (Å²) < 4.78 is 5.60. The molecule has 94 valence electrons. The number of nitrogens with two attached hydrogens (primary N) is 1. The lowest BCUT2D eigenvalue weighted by Gasteiger charge is -2.37. The molecular weight excluding hydrogens is 218 g/mol. The van der Waals surface area contributed by atoms with Crippen molar-refractivity contribution in [3.63, 3.8) is 0 Å². The van der Waals surface area contributed by atoms with Crippen molar-refractivity contribution in [3.8, 4) is 0 Å². The summed E-state index contributed by atoms with van der Waals surface area (Å²) in [7, 11) is 0. The first kappa shape index (κ1) is 12.1. The molecule has 0 radical (unpaired) electrons. The minimum absolute atomic E-state index is 0.0204. The first-order valence-corrected chi connectivity index (χ1v) is 5.84. The Bertz CT molecular complexity index is 397. The smallest absolute Gasteiger partial charge is 0.152 e. The first-order valence-electron chi connectivity index (χ1n) is 5.84. The lowest BCUT2D eigenvalue weighted by molar-refractivity contribution is -0.0422. The van der Waals surface area contributed by atoms with Gasteiger partial charge in [0.25, 0.3) is 0 Å². The van der Waals surface area contributed by atoms with E-state index >= 15 is 0 Å². The zero-order valence-electron chi connectivity index (χ0n) is 10.3. The van der Waals surface area contributed by atoms with Crippen LogP contribution < -0.4 is 10.6 Å². The quantitative estimate of drug-likeness (QED) is 0.786. The molecule has 2 unspecified atom stereocenters. The molecule has 1 aliphatic heterocycles. The zero-order chi connectivity index (χ0) is 12.4. The fraction of sp³-hybridized carbons (Fsp3) is 0.583. The van der Waals surface area contributed by atoms with Gasteiger partial charge in [-0.15, -0.1) is 0 Å². The molecule has 17 heavy (non-hydrogen) atoms. The third-order valence-corrected chi connectivity index (χ3v) is 3.02. The number of hydrogen-bond acceptors (Lipinski definition) is 5. The summed E-state index contributed by atoms with van der Waals surface area (Å²) >= 11 is 0. The minimum atomic E-state index is -0.166. The molecule has 1 saturated heterocycles. The Kier molecular flexibility index (Phi) is 3.49. The van der Waals surface area contributed by atoms with Crippen LogP contribution in [0.5, 0.6) is 0 Å². The Morgan fingerprint density at radius 1 is 1.59 bits per heavy atom. The lowest BCUT2D eigenvalue weighted by atomic mass is 10.2. The largest absolute Gasteiger partial charge is 0.396 e. The molecule has 0 aliphatic carbocycles. The number of ether oxygens (including phenoxy) is 1. The third-order valence-electron chi connectivity index (χ3n) is 3.02. The van der Waals surface area contributed by atoms with E-state index in [1.54, 1.807) is 6.20 Å². The molecule has 1 aliphatic rings. The normalized spacial score (nSPS) is 25.0. The maximum atomic E-state index is 9.19. The van der Waals surface area contributed by atoms with Crippen molar-refractivity contribution in [2.75, 3.05) is 30.3 Å². The Labute approximate surface area is 101 Å². The van der Waals surface area contributed by atoms with Crippen LogP contribution in [0.1, 0.15) is 12.5 Å². The van der Waals surface area contributed by atoms with Crippen molar-refractivity contribution >= 4 is 11.5 Å². The Hall–Kier alpha value is -1.33. The average Bonchev–Trinajstić information content (AvgIpc) is 2.31. The number of rotatable bonds is 2. The molecule has 2 atom stereocenters. The van der Waals surface area contributed by atoms with Crippen LogP contribution in [0, 0.1) is 6.92 Å². The molecule has 5 heteroatoms. The Balaban J connectivity index is 2.23. The maximum Gasteiger partial charge on any atom is 0.152 e. The molecule has 0 amide bonds. The van der Waals surface area contributed by atoms with E-state index in [0.29, 0.717) is 12.2 Å². The highest BCUT2D eigenvalue weighted by Crippen LogP contribution is 2.26.